The molecular weight excluding hydrogens is 1340 g/mol. The highest BCUT2D eigenvalue weighted by molar-refractivity contribution is 5.98. The van der Waals surface area contributed by atoms with Gasteiger partial charge in [0, 0.05) is 164 Å². The summed E-state index contributed by atoms with van der Waals surface area (Å²) in [5.74, 6) is -1.37. The molecule has 0 aliphatic carbocycles. The normalized spacial score (nSPS) is 16.6. The SMILES string of the molecule is CCc1nc2c(cnn2CC)c(NC2CCOCC2)c1CNC(=O)CC(=O)NCc1cccc(-c2cccc(C=O)c2)c1.CCc1nc2c(cnn2CC)c(NC2CCOCC2)c1CNC(=O)CC(=O)NCc1cccc(-c2cccc(CN3CCN[C@H](C)C3)c2)c1.C[C@@H]1CNCCN1C(=O)OC(C)(C)C. The van der Waals surface area contributed by atoms with Gasteiger partial charge in [0.15, 0.2) is 11.3 Å². The van der Waals surface area contributed by atoms with Crippen LogP contribution in [0.3, 0.4) is 0 Å². The number of ether oxygens (including phenoxy) is 3. The van der Waals surface area contributed by atoms with Crippen LogP contribution in [0.25, 0.3) is 44.3 Å². The van der Waals surface area contributed by atoms with E-state index in [1.807, 2.05) is 118 Å². The van der Waals surface area contributed by atoms with E-state index in [0.29, 0.717) is 50.8 Å². The topological polar surface area (TPSA) is 294 Å². The Morgan fingerprint density at radius 2 is 1.04 bits per heavy atom. The van der Waals surface area contributed by atoms with Crippen molar-refractivity contribution in [1.29, 1.82) is 0 Å². The van der Waals surface area contributed by atoms with E-state index in [-0.39, 0.29) is 80.3 Å². The van der Waals surface area contributed by atoms with Crippen molar-refractivity contribution in [2.24, 2.45) is 0 Å². The fourth-order valence-electron chi connectivity index (χ4n) is 13.7. The zero-order chi connectivity index (χ0) is 75.1. The Morgan fingerprint density at radius 3 is 1.48 bits per heavy atom. The quantitative estimate of drug-likeness (QED) is 0.0195. The molecule has 12 rings (SSSR count). The van der Waals surface area contributed by atoms with Crippen molar-refractivity contribution in [2.45, 2.75) is 189 Å². The van der Waals surface area contributed by atoms with Crippen LogP contribution in [0.15, 0.2) is 109 Å². The molecule has 0 bridgehead atoms. The molecule has 0 unspecified atom stereocenters. The number of aromatic nitrogens is 6. The highest BCUT2D eigenvalue weighted by Gasteiger charge is 2.29. The number of carbonyl (C=O) groups excluding carboxylic acids is 6. The predicted octanol–water partition coefficient (Wildman–Crippen LogP) is 10.0. The summed E-state index contributed by atoms with van der Waals surface area (Å²) in [5.41, 5.74) is 14.7. The fraction of sp³-hybridized carbons (Fsp3) is 0.481. The van der Waals surface area contributed by atoms with Gasteiger partial charge in [-0.25, -0.2) is 24.1 Å². The van der Waals surface area contributed by atoms with E-state index >= 15 is 0 Å². The molecule has 8 heterocycles. The Bertz CT molecular complexity index is 4290. The van der Waals surface area contributed by atoms with Gasteiger partial charge in [0.05, 0.1) is 34.5 Å². The number of aryl methyl sites for hydroxylation is 4. The minimum absolute atomic E-state index is 0.202. The fourth-order valence-corrected chi connectivity index (χ4v) is 13.7. The van der Waals surface area contributed by atoms with E-state index < -0.39 is 5.60 Å². The van der Waals surface area contributed by atoms with Crippen molar-refractivity contribution < 1.29 is 43.0 Å². The third kappa shape index (κ3) is 22.2. The number of hydrogen-bond acceptors (Lipinski definition) is 18. The molecule has 4 saturated heterocycles. The lowest BCUT2D eigenvalue weighted by molar-refractivity contribution is -0.131. The van der Waals surface area contributed by atoms with E-state index in [2.05, 4.69) is 115 Å². The molecule has 25 nitrogen and oxygen atoms in total. The lowest BCUT2D eigenvalue weighted by atomic mass is 10.0. The van der Waals surface area contributed by atoms with Crippen molar-refractivity contribution in [3.05, 3.63) is 154 Å². The standard InChI is InChI=1S/C38H50N8O3.C33H38N6O4.C10H20N2O2/c1-4-34-32(37(43-31-12-16-49-17-13-31)33-23-42-46(5-2)38(33)44-34)22-41-36(48)20-35(47)40-21-27-8-6-10-29(18-27)30-11-7-9-28(19-30)25-45-15-14-39-26(3)24-45;1-3-29-27(32(37-26-11-13-43-14-12-26)28-20-36-39(4-2)33(28)38-29)19-35-31(42)17-30(41)34-18-22-7-5-9-24(15-22)25-10-6-8-23(16-25)21-40;1-8-7-11-5-6-12(8)9(13)14-10(2,3)4/h6-11,18-19,23,26,31,39H,4-5,12-17,20-22,24-25H2,1-3H3,(H,40,47)(H,41,48)(H,43,44);5-10,15-16,20-21,26H,3-4,11-14,17-19H2,1-2H3,(H,34,41)(H,35,42)(H,37,38);8,11H,5-7H2,1-4H3/t26-;;8-/m1.1/s1. The lowest BCUT2D eigenvalue weighted by Gasteiger charge is -2.35. The number of carbonyl (C=O) groups is 6. The summed E-state index contributed by atoms with van der Waals surface area (Å²) in [6.45, 7) is 30.0. The number of amides is 5. The van der Waals surface area contributed by atoms with Gasteiger partial charge in [0.25, 0.3) is 0 Å². The number of pyridine rings is 2. The molecule has 0 saturated carbocycles. The van der Waals surface area contributed by atoms with Gasteiger partial charge >= 0.3 is 6.09 Å². The number of fused-ring (bicyclic) bond motifs is 2. The first-order chi connectivity index (χ1) is 51.3. The van der Waals surface area contributed by atoms with Gasteiger partial charge in [-0.3, -0.25) is 28.9 Å². The number of nitrogens with one attached hydrogen (secondary N) is 8. The molecule has 4 aliphatic heterocycles. The van der Waals surface area contributed by atoms with Gasteiger partial charge in [-0.05, 0) is 150 Å². The van der Waals surface area contributed by atoms with E-state index in [0.717, 1.165) is 187 Å². The first-order valence-electron chi connectivity index (χ1n) is 37.8. The summed E-state index contributed by atoms with van der Waals surface area (Å²) in [7, 11) is 0. The van der Waals surface area contributed by atoms with Crippen LogP contribution in [0.5, 0.6) is 0 Å². The molecule has 4 fully saturated rings. The molecule has 5 amide bonds. The summed E-state index contributed by atoms with van der Waals surface area (Å²) in [6, 6.07) is 33.2. The molecular formula is C81H108N16O9. The Balaban J connectivity index is 0.000000193. The van der Waals surface area contributed by atoms with Crippen LogP contribution in [0, 0.1) is 0 Å². The van der Waals surface area contributed by atoms with E-state index in [1.54, 1.807) is 11.0 Å². The molecule has 25 heteroatoms. The van der Waals surface area contributed by atoms with Crippen molar-refractivity contribution in [3.8, 4) is 22.3 Å². The maximum Gasteiger partial charge on any atom is 0.410 e. The van der Waals surface area contributed by atoms with Gasteiger partial charge < -0.3 is 61.6 Å². The zero-order valence-corrected chi connectivity index (χ0v) is 63.2. The number of hydrogen-bond donors (Lipinski definition) is 8. The molecule has 4 aliphatic rings. The van der Waals surface area contributed by atoms with Gasteiger partial charge in [0.1, 0.15) is 24.7 Å². The van der Waals surface area contributed by atoms with Crippen LogP contribution in [-0.4, -0.2) is 171 Å². The number of benzene rings is 4. The average molecular weight is 1450 g/mol. The van der Waals surface area contributed by atoms with Crippen LogP contribution in [0.4, 0.5) is 16.2 Å². The second kappa shape index (κ2) is 38.6. The largest absolute Gasteiger partial charge is 0.444 e. The first-order valence-corrected chi connectivity index (χ1v) is 37.8. The molecule has 8 aromatic rings. The zero-order valence-electron chi connectivity index (χ0n) is 63.2. The van der Waals surface area contributed by atoms with Gasteiger partial charge in [-0.15, -0.1) is 0 Å². The van der Waals surface area contributed by atoms with Crippen LogP contribution < -0.4 is 42.5 Å². The van der Waals surface area contributed by atoms with Gasteiger partial charge in [-0.2, -0.15) is 10.2 Å². The van der Waals surface area contributed by atoms with Crippen molar-refractivity contribution in [2.75, 3.05) is 76.3 Å². The second-order valence-electron chi connectivity index (χ2n) is 28.6. The summed E-state index contributed by atoms with van der Waals surface area (Å²) in [5, 5.41) is 36.9. The Labute approximate surface area is 622 Å². The first kappa shape index (κ1) is 78.9. The molecule has 106 heavy (non-hydrogen) atoms. The van der Waals surface area contributed by atoms with Crippen LogP contribution in [0.1, 0.15) is 150 Å². The molecule has 2 atom stereocenters. The maximum atomic E-state index is 13.0. The second-order valence-corrected chi connectivity index (χ2v) is 28.6. The van der Waals surface area contributed by atoms with Gasteiger partial charge in [0.2, 0.25) is 23.6 Å². The minimum Gasteiger partial charge on any atom is -0.444 e. The molecule has 566 valence electrons. The smallest absolute Gasteiger partial charge is 0.410 e. The monoisotopic (exact) mass is 1450 g/mol. The summed E-state index contributed by atoms with van der Waals surface area (Å²) >= 11 is 0. The van der Waals surface area contributed by atoms with E-state index in [4.69, 9.17) is 24.2 Å². The van der Waals surface area contributed by atoms with Crippen molar-refractivity contribution in [3.63, 3.8) is 0 Å². The molecule has 0 radical (unpaired) electrons. The Hall–Kier alpha value is -9.66. The minimum atomic E-state index is -0.401. The van der Waals surface area contributed by atoms with Crippen LogP contribution >= 0.6 is 0 Å². The van der Waals surface area contributed by atoms with E-state index in [9.17, 15) is 28.8 Å². The third-order valence-corrected chi connectivity index (χ3v) is 19.4. The van der Waals surface area contributed by atoms with Crippen LogP contribution in [0.2, 0.25) is 0 Å². The Kier molecular flexibility index (Phi) is 28.7. The summed E-state index contributed by atoms with van der Waals surface area (Å²) in [6.07, 6.45) is 8.77. The summed E-state index contributed by atoms with van der Waals surface area (Å²) in [4.78, 5) is 88.4. The van der Waals surface area contributed by atoms with Crippen molar-refractivity contribution >= 4 is 69.4 Å². The number of anilines is 2. The highest BCUT2D eigenvalue weighted by atomic mass is 16.6. The number of piperazine rings is 2. The predicted molar refractivity (Wildman–Crippen MR) is 414 cm³/mol. The molecule has 4 aromatic carbocycles. The van der Waals surface area contributed by atoms with Crippen molar-refractivity contribution in [1.82, 2.24) is 71.2 Å². The number of aldehydes is 1. The lowest BCUT2D eigenvalue weighted by Crippen LogP contribution is -2.53. The maximum absolute atomic E-state index is 13.0. The number of rotatable bonds is 25. The Morgan fingerprint density at radius 1 is 0.585 bits per heavy atom. The average Bonchev–Trinajstić information content (AvgIpc) is 1.58. The summed E-state index contributed by atoms with van der Waals surface area (Å²) < 4.78 is 20.2. The van der Waals surface area contributed by atoms with Crippen LogP contribution in [-0.2, 0) is 92.0 Å². The van der Waals surface area contributed by atoms with Gasteiger partial charge in [-0.1, -0.05) is 86.6 Å². The third-order valence-electron chi connectivity index (χ3n) is 19.4. The van der Waals surface area contributed by atoms with E-state index in [1.165, 1.54) is 5.56 Å². The molecule has 4 aromatic heterocycles. The molecule has 0 spiro atoms. The number of nitrogens with zero attached hydrogens (tertiary/aromatic N) is 8. The highest BCUT2D eigenvalue weighted by Crippen LogP contribution is 2.34. The molecule has 8 N–H and O–H groups in total.